The molecule has 40 heavy (non-hydrogen) atoms. The maximum atomic E-state index is 12.3. The average Bonchev–Trinajstić information content (AvgIpc) is 2.91. The molecule has 0 bridgehead atoms. The molecule has 0 fully saturated rings. The molecule has 0 radical (unpaired) electrons. The monoisotopic (exact) mass is 592 g/mol. The van der Waals surface area contributed by atoms with Crippen LogP contribution in [0.4, 0.5) is 0 Å². The van der Waals surface area contributed by atoms with E-state index < -0.39 is 32.5 Å². The molecule has 0 saturated heterocycles. The van der Waals surface area contributed by atoms with Gasteiger partial charge < -0.3 is 19.3 Å². The quantitative estimate of drug-likeness (QED) is 0.0482. The summed E-state index contributed by atoms with van der Waals surface area (Å²) in [6.07, 6.45) is 25.4. The largest absolute Gasteiger partial charge is 0.469 e. The lowest BCUT2D eigenvalue weighted by molar-refractivity contribution is -0.161. The van der Waals surface area contributed by atoms with E-state index in [9.17, 15) is 14.2 Å². The van der Waals surface area contributed by atoms with Gasteiger partial charge in [0.25, 0.3) is 0 Å². The molecule has 0 unspecified atom stereocenters. The number of phosphoric acid groups is 1. The topological polar surface area (TPSA) is 119 Å². The van der Waals surface area contributed by atoms with Crippen molar-refractivity contribution in [1.29, 1.82) is 0 Å². The Morgan fingerprint density at radius 2 is 0.900 bits per heavy atom. The summed E-state index contributed by atoms with van der Waals surface area (Å²) in [6, 6.07) is 0. The third-order valence-corrected chi connectivity index (χ3v) is 7.61. The molecule has 0 aliphatic carbocycles. The van der Waals surface area contributed by atoms with E-state index in [4.69, 9.17) is 19.3 Å². The minimum atomic E-state index is -4.73. The van der Waals surface area contributed by atoms with E-state index in [-0.39, 0.29) is 19.4 Å². The van der Waals surface area contributed by atoms with Crippen molar-refractivity contribution in [2.75, 3.05) is 13.2 Å². The lowest BCUT2D eigenvalue weighted by atomic mass is 10.0. The van der Waals surface area contributed by atoms with Gasteiger partial charge in [-0.1, -0.05) is 142 Å². The van der Waals surface area contributed by atoms with Crippen molar-refractivity contribution >= 4 is 19.8 Å². The fourth-order valence-corrected chi connectivity index (χ4v) is 5.03. The number of rotatable bonds is 30. The van der Waals surface area contributed by atoms with E-state index in [1.807, 2.05) is 0 Å². The maximum absolute atomic E-state index is 12.3. The zero-order chi connectivity index (χ0) is 29.7. The van der Waals surface area contributed by atoms with Crippen LogP contribution in [0.3, 0.4) is 0 Å². The van der Waals surface area contributed by atoms with Gasteiger partial charge in [0.15, 0.2) is 6.10 Å². The normalized spacial score (nSPS) is 12.4. The van der Waals surface area contributed by atoms with Gasteiger partial charge in [0.1, 0.15) is 6.61 Å². The van der Waals surface area contributed by atoms with E-state index in [1.54, 1.807) is 0 Å². The van der Waals surface area contributed by atoms with Crippen molar-refractivity contribution in [2.24, 2.45) is 0 Å². The molecule has 8 nitrogen and oxygen atoms in total. The molecule has 0 heterocycles. The van der Waals surface area contributed by atoms with Gasteiger partial charge in [0.2, 0.25) is 0 Å². The summed E-state index contributed by atoms with van der Waals surface area (Å²) in [5.74, 6) is -0.880. The molecule has 0 aromatic heterocycles. The number of esters is 2. The van der Waals surface area contributed by atoms with Crippen LogP contribution in [0.1, 0.15) is 168 Å². The first-order valence-electron chi connectivity index (χ1n) is 16.3. The van der Waals surface area contributed by atoms with E-state index in [1.165, 1.54) is 96.3 Å². The van der Waals surface area contributed by atoms with Gasteiger partial charge in [-0.25, -0.2) is 4.57 Å². The van der Waals surface area contributed by atoms with Gasteiger partial charge in [0, 0.05) is 12.8 Å². The first-order chi connectivity index (χ1) is 19.3. The number of hydrogen-bond acceptors (Lipinski definition) is 6. The summed E-state index contributed by atoms with van der Waals surface area (Å²) in [5, 5.41) is 0. The summed E-state index contributed by atoms with van der Waals surface area (Å²) < 4.78 is 26.1. The fraction of sp³-hybridized carbons (Fsp3) is 0.935. The van der Waals surface area contributed by atoms with Gasteiger partial charge in [-0.15, -0.1) is 0 Å². The molecule has 0 aromatic rings. The number of phosphoric ester groups is 1. The third kappa shape index (κ3) is 30.0. The van der Waals surface area contributed by atoms with Crippen molar-refractivity contribution in [1.82, 2.24) is 0 Å². The number of carbonyl (C=O) groups is 2. The van der Waals surface area contributed by atoms with Crippen molar-refractivity contribution in [3.8, 4) is 0 Å². The SMILES string of the molecule is CCCCCCCCCCCCCCC(=O)O[C@H](COC(=O)CCCCCCCCCCCC)COP(=O)(O)O. The van der Waals surface area contributed by atoms with Crippen molar-refractivity contribution in [3.05, 3.63) is 0 Å². The van der Waals surface area contributed by atoms with Crippen LogP contribution < -0.4 is 0 Å². The molecular weight excluding hydrogens is 531 g/mol. The second kappa shape index (κ2) is 28.2. The van der Waals surface area contributed by atoms with Crippen LogP contribution in [-0.4, -0.2) is 41.0 Å². The first kappa shape index (κ1) is 39.0. The molecule has 1 atom stereocenters. The molecule has 9 heteroatoms. The van der Waals surface area contributed by atoms with E-state index in [0.29, 0.717) is 6.42 Å². The van der Waals surface area contributed by atoms with Crippen molar-refractivity contribution in [3.63, 3.8) is 0 Å². The summed E-state index contributed by atoms with van der Waals surface area (Å²) in [4.78, 5) is 42.4. The summed E-state index contributed by atoms with van der Waals surface area (Å²) in [7, 11) is -4.73. The molecule has 2 N–H and O–H groups in total. The Morgan fingerprint density at radius 1 is 0.550 bits per heavy atom. The minimum absolute atomic E-state index is 0.219. The number of carbonyl (C=O) groups excluding carboxylic acids is 2. The highest BCUT2D eigenvalue weighted by Crippen LogP contribution is 2.35. The highest BCUT2D eigenvalue weighted by molar-refractivity contribution is 7.46. The third-order valence-electron chi connectivity index (χ3n) is 7.13. The Balaban J connectivity index is 4.01. The summed E-state index contributed by atoms with van der Waals surface area (Å²) >= 11 is 0. The molecule has 238 valence electrons. The Bertz CT molecular complexity index is 637. The summed E-state index contributed by atoms with van der Waals surface area (Å²) in [6.45, 7) is 3.65. The number of unbranched alkanes of at least 4 members (excludes halogenated alkanes) is 20. The van der Waals surface area contributed by atoms with Crippen LogP contribution in [0.5, 0.6) is 0 Å². The molecule has 0 aliphatic rings. The van der Waals surface area contributed by atoms with Gasteiger partial charge in [-0.2, -0.15) is 0 Å². The maximum Gasteiger partial charge on any atom is 0.469 e. The number of hydrogen-bond donors (Lipinski definition) is 2. The Labute approximate surface area is 244 Å². The van der Waals surface area contributed by atoms with Crippen LogP contribution in [0.2, 0.25) is 0 Å². The molecule has 0 saturated carbocycles. The highest BCUT2D eigenvalue weighted by atomic mass is 31.2. The molecular formula is C31H61O8P. The smallest absolute Gasteiger partial charge is 0.462 e. The van der Waals surface area contributed by atoms with Gasteiger partial charge >= 0.3 is 19.8 Å². The molecule has 0 aromatic carbocycles. The predicted octanol–water partition coefficient (Wildman–Crippen LogP) is 8.95. The average molecular weight is 593 g/mol. The molecule has 0 amide bonds. The zero-order valence-electron chi connectivity index (χ0n) is 25.8. The standard InChI is InChI=1S/C31H61O8P/c1-3-5-7-9-11-13-15-16-18-20-22-24-26-31(33)39-29(28-38-40(34,35)36)27-37-30(32)25-23-21-19-17-14-12-10-8-6-4-2/h29H,3-28H2,1-2H3,(H2,34,35,36)/t29-/m1/s1. The van der Waals surface area contributed by atoms with Gasteiger partial charge in [-0.05, 0) is 12.8 Å². The molecule has 0 aliphatic heterocycles. The van der Waals surface area contributed by atoms with Crippen LogP contribution >= 0.6 is 7.82 Å². The highest BCUT2D eigenvalue weighted by Gasteiger charge is 2.22. The van der Waals surface area contributed by atoms with Crippen molar-refractivity contribution < 1.29 is 37.9 Å². The Kier molecular flexibility index (Phi) is 27.5. The van der Waals surface area contributed by atoms with Crippen LogP contribution in [-0.2, 0) is 28.2 Å². The van der Waals surface area contributed by atoms with Crippen LogP contribution in [0.15, 0.2) is 0 Å². The van der Waals surface area contributed by atoms with Crippen molar-refractivity contribution in [2.45, 2.75) is 174 Å². The van der Waals surface area contributed by atoms with Crippen LogP contribution in [0, 0.1) is 0 Å². The fourth-order valence-electron chi connectivity index (χ4n) is 4.67. The van der Waals surface area contributed by atoms with Crippen LogP contribution in [0.25, 0.3) is 0 Å². The summed E-state index contributed by atoms with van der Waals surface area (Å²) in [5.41, 5.74) is 0. The Hall–Kier alpha value is -0.950. The lowest BCUT2D eigenvalue weighted by Crippen LogP contribution is -2.29. The lowest BCUT2D eigenvalue weighted by Gasteiger charge is -2.18. The van der Waals surface area contributed by atoms with Gasteiger partial charge in [0.05, 0.1) is 6.61 Å². The molecule has 0 spiro atoms. The first-order valence-corrected chi connectivity index (χ1v) is 17.9. The van der Waals surface area contributed by atoms with E-state index >= 15 is 0 Å². The second-order valence-corrected chi connectivity index (χ2v) is 12.4. The molecule has 0 rings (SSSR count). The number of ether oxygens (including phenoxy) is 2. The zero-order valence-corrected chi connectivity index (χ0v) is 26.6. The second-order valence-electron chi connectivity index (χ2n) is 11.2. The van der Waals surface area contributed by atoms with E-state index in [2.05, 4.69) is 18.4 Å². The Morgan fingerprint density at radius 3 is 1.27 bits per heavy atom. The van der Waals surface area contributed by atoms with Gasteiger partial charge in [-0.3, -0.25) is 14.1 Å². The van der Waals surface area contributed by atoms with E-state index in [0.717, 1.165) is 38.5 Å². The minimum Gasteiger partial charge on any atom is -0.462 e. The predicted molar refractivity (Wildman–Crippen MR) is 161 cm³/mol.